The summed E-state index contributed by atoms with van der Waals surface area (Å²) in [6, 6.07) is 11.8. The highest BCUT2D eigenvalue weighted by atomic mass is 32.1. The van der Waals surface area contributed by atoms with Crippen LogP contribution in [0, 0.1) is 0 Å². The Hall–Kier alpha value is -3.33. The Morgan fingerprint density at radius 3 is 2.71 bits per heavy atom. The van der Waals surface area contributed by atoms with Gasteiger partial charge in [-0.2, -0.15) is 0 Å². The van der Waals surface area contributed by atoms with E-state index in [1.807, 2.05) is 40.6 Å². The van der Waals surface area contributed by atoms with Crippen molar-refractivity contribution in [2.45, 2.75) is 19.3 Å². The van der Waals surface area contributed by atoms with Crippen LogP contribution in [0.15, 0.2) is 52.5 Å². The van der Waals surface area contributed by atoms with Crippen molar-refractivity contribution >= 4 is 33.3 Å². The number of hydrogen-bond acceptors (Lipinski definition) is 8. The molecule has 0 atom stereocenters. The molecule has 0 unspecified atom stereocenters. The van der Waals surface area contributed by atoms with E-state index in [-0.39, 0.29) is 5.91 Å². The number of fused-ring (bicyclic) bond motifs is 1. The normalized spacial score (nSPS) is 14.3. The Kier molecular flexibility index (Phi) is 5.57. The predicted molar refractivity (Wildman–Crippen MR) is 119 cm³/mol. The van der Waals surface area contributed by atoms with Crippen LogP contribution in [-0.4, -0.2) is 57.2 Å². The van der Waals surface area contributed by atoms with Gasteiger partial charge in [0.1, 0.15) is 17.0 Å². The standard InChI is InChI=1S/C22H22N6O2S/c29-19(8-4-7-18-25-26-21(30-18)16-5-2-1-3-6-16)27-10-12-28(13-11-27)20-17-9-14-31-22(17)24-15-23-20/h1-3,5-6,9,14-15H,4,7-8,10-13H2. The minimum Gasteiger partial charge on any atom is -0.421 e. The molecule has 5 rings (SSSR count). The summed E-state index contributed by atoms with van der Waals surface area (Å²) in [5.74, 6) is 2.22. The fraction of sp³-hybridized carbons (Fsp3) is 0.318. The van der Waals surface area contributed by atoms with Crippen LogP contribution < -0.4 is 4.90 Å². The SMILES string of the molecule is O=C(CCCc1nnc(-c2ccccc2)o1)N1CCN(c2ncnc3sccc23)CC1. The van der Waals surface area contributed by atoms with Crippen molar-refractivity contribution in [2.75, 3.05) is 31.1 Å². The summed E-state index contributed by atoms with van der Waals surface area (Å²) in [6.45, 7) is 2.95. The van der Waals surface area contributed by atoms with Crippen molar-refractivity contribution in [3.63, 3.8) is 0 Å². The highest BCUT2D eigenvalue weighted by molar-refractivity contribution is 7.16. The van der Waals surface area contributed by atoms with Crippen LogP contribution in [0.25, 0.3) is 21.7 Å². The molecule has 4 heterocycles. The minimum absolute atomic E-state index is 0.172. The van der Waals surface area contributed by atoms with Crippen LogP contribution in [0.2, 0.25) is 0 Å². The average Bonchev–Trinajstić information content (AvgIpc) is 3.49. The van der Waals surface area contributed by atoms with Crippen LogP contribution in [0.5, 0.6) is 0 Å². The molecular formula is C22H22N6O2S. The lowest BCUT2D eigenvalue weighted by atomic mass is 10.2. The Morgan fingerprint density at radius 1 is 1.03 bits per heavy atom. The summed E-state index contributed by atoms with van der Waals surface area (Å²) in [5, 5.41) is 11.3. The summed E-state index contributed by atoms with van der Waals surface area (Å²) in [7, 11) is 0. The summed E-state index contributed by atoms with van der Waals surface area (Å²) >= 11 is 1.62. The number of rotatable bonds is 6. The first-order valence-corrected chi connectivity index (χ1v) is 11.2. The molecule has 4 aromatic rings. The second-order valence-electron chi connectivity index (χ2n) is 7.43. The lowest BCUT2D eigenvalue weighted by Crippen LogP contribution is -2.49. The molecule has 3 aromatic heterocycles. The fourth-order valence-electron chi connectivity index (χ4n) is 3.80. The number of nitrogens with zero attached hydrogens (tertiary/aromatic N) is 6. The molecular weight excluding hydrogens is 412 g/mol. The first-order valence-electron chi connectivity index (χ1n) is 10.4. The third-order valence-corrected chi connectivity index (χ3v) is 6.26. The zero-order valence-electron chi connectivity index (χ0n) is 17.0. The van der Waals surface area contributed by atoms with E-state index < -0.39 is 0 Å². The maximum absolute atomic E-state index is 12.6. The zero-order chi connectivity index (χ0) is 21.0. The number of benzene rings is 1. The molecule has 0 saturated carbocycles. The molecule has 31 heavy (non-hydrogen) atoms. The van der Waals surface area contributed by atoms with E-state index in [1.165, 1.54) is 0 Å². The van der Waals surface area contributed by atoms with Gasteiger partial charge in [0.15, 0.2) is 0 Å². The van der Waals surface area contributed by atoms with Crippen molar-refractivity contribution in [2.24, 2.45) is 0 Å². The van der Waals surface area contributed by atoms with Crippen LogP contribution in [0.4, 0.5) is 5.82 Å². The maximum Gasteiger partial charge on any atom is 0.247 e. The highest BCUT2D eigenvalue weighted by Crippen LogP contribution is 2.27. The van der Waals surface area contributed by atoms with E-state index in [2.05, 4.69) is 31.1 Å². The van der Waals surface area contributed by atoms with Crippen molar-refractivity contribution in [3.05, 3.63) is 54.0 Å². The quantitative estimate of drug-likeness (QED) is 0.459. The molecule has 1 aliphatic rings. The Balaban J connectivity index is 1.11. The number of anilines is 1. The lowest BCUT2D eigenvalue weighted by Gasteiger charge is -2.35. The smallest absolute Gasteiger partial charge is 0.247 e. The number of amides is 1. The van der Waals surface area contributed by atoms with Crippen LogP contribution in [0.1, 0.15) is 18.7 Å². The van der Waals surface area contributed by atoms with Gasteiger partial charge in [-0.3, -0.25) is 4.79 Å². The van der Waals surface area contributed by atoms with Gasteiger partial charge in [-0.05, 0) is 30.0 Å². The molecule has 1 aliphatic heterocycles. The Labute approximate surface area is 183 Å². The highest BCUT2D eigenvalue weighted by Gasteiger charge is 2.23. The maximum atomic E-state index is 12.6. The van der Waals surface area contributed by atoms with Gasteiger partial charge in [0.2, 0.25) is 17.7 Å². The molecule has 1 amide bonds. The van der Waals surface area contributed by atoms with Gasteiger partial charge in [0, 0.05) is 44.6 Å². The number of aromatic nitrogens is 4. The van der Waals surface area contributed by atoms with Gasteiger partial charge in [-0.25, -0.2) is 9.97 Å². The molecule has 1 aromatic carbocycles. The molecule has 8 nitrogen and oxygen atoms in total. The molecule has 0 spiro atoms. The van der Waals surface area contributed by atoms with Gasteiger partial charge in [-0.15, -0.1) is 21.5 Å². The fourth-order valence-corrected chi connectivity index (χ4v) is 4.52. The molecule has 1 saturated heterocycles. The van der Waals surface area contributed by atoms with Gasteiger partial charge in [0.05, 0.1) is 5.39 Å². The number of carbonyl (C=O) groups is 1. The second kappa shape index (κ2) is 8.81. The summed E-state index contributed by atoms with van der Waals surface area (Å²) in [5.41, 5.74) is 0.901. The predicted octanol–water partition coefficient (Wildman–Crippen LogP) is 3.41. The number of aryl methyl sites for hydroxylation is 1. The molecule has 9 heteroatoms. The number of piperazine rings is 1. The van der Waals surface area contributed by atoms with E-state index in [0.717, 1.165) is 34.7 Å². The average molecular weight is 435 g/mol. The summed E-state index contributed by atoms with van der Waals surface area (Å²) < 4.78 is 5.72. The molecule has 0 aliphatic carbocycles. The van der Waals surface area contributed by atoms with Gasteiger partial charge in [0.25, 0.3) is 0 Å². The van der Waals surface area contributed by atoms with Crippen LogP contribution >= 0.6 is 11.3 Å². The van der Waals surface area contributed by atoms with E-state index >= 15 is 0 Å². The van der Waals surface area contributed by atoms with E-state index in [4.69, 9.17) is 4.42 Å². The molecule has 0 N–H and O–H groups in total. The summed E-state index contributed by atoms with van der Waals surface area (Å²) in [6.07, 6.45) is 3.39. The van der Waals surface area contributed by atoms with Crippen molar-refractivity contribution < 1.29 is 9.21 Å². The number of hydrogen-bond donors (Lipinski definition) is 0. The summed E-state index contributed by atoms with van der Waals surface area (Å²) in [4.78, 5) is 26.6. The van der Waals surface area contributed by atoms with E-state index in [1.54, 1.807) is 17.7 Å². The van der Waals surface area contributed by atoms with Gasteiger partial charge in [-0.1, -0.05) is 18.2 Å². The molecule has 0 bridgehead atoms. The van der Waals surface area contributed by atoms with E-state index in [9.17, 15) is 4.79 Å². The van der Waals surface area contributed by atoms with Crippen LogP contribution in [-0.2, 0) is 11.2 Å². The van der Waals surface area contributed by atoms with Crippen LogP contribution in [0.3, 0.4) is 0 Å². The van der Waals surface area contributed by atoms with Crippen molar-refractivity contribution in [3.8, 4) is 11.5 Å². The zero-order valence-corrected chi connectivity index (χ0v) is 17.8. The van der Waals surface area contributed by atoms with Crippen molar-refractivity contribution in [1.29, 1.82) is 0 Å². The third kappa shape index (κ3) is 4.27. The Morgan fingerprint density at radius 2 is 1.87 bits per heavy atom. The molecule has 158 valence electrons. The largest absolute Gasteiger partial charge is 0.421 e. The number of carbonyl (C=O) groups excluding carboxylic acids is 1. The third-order valence-electron chi connectivity index (χ3n) is 5.44. The number of thiophene rings is 1. The topological polar surface area (TPSA) is 88.3 Å². The van der Waals surface area contributed by atoms with Crippen molar-refractivity contribution in [1.82, 2.24) is 25.1 Å². The molecule has 0 radical (unpaired) electrons. The van der Waals surface area contributed by atoms with Gasteiger partial charge >= 0.3 is 0 Å². The molecule has 1 fully saturated rings. The Bertz CT molecular complexity index is 1170. The van der Waals surface area contributed by atoms with E-state index in [0.29, 0.717) is 44.1 Å². The first kappa shape index (κ1) is 19.6. The minimum atomic E-state index is 0.172. The monoisotopic (exact) mass is 434 g/mol. The lowest BCUT2D eigenvalue weighted by molar-refractivity contribution is -0.131. The second-order valence-corrected chi connectivity index (χ2v) is 8.32. The first-order chi connectivity index (χ1) is 15.3. The van der Waals surface area contributed by atoms with Gasteiger partial charge < -0.3 is 14.2 Å².